The van der Waals surface area contributed by atoms with Crippen molar-refractivity contribution in [1.82, 2.24) is 15.1 Å². The molecule has 0 spiro atoms. The number of rotatable bonds is 7. The molecule has 0 bridgehead atoms. The van der Waals surface area contributed by atoms with Gasteiger partial charge in [0.05, 0.1) is 11.3 Å². The second-order valence-corrected chi connectivity index (χ2v) is 8.11. The van der Waals surface area contributed by atoms with Crippen LogP contribution in [-0.2, 0) is 11.3 Å². The van der Waals surface area contributed by atoms with Gasteiger partial charge in [-0.1, -0.05) is 44.2 Å². The van der Waals surface area contributed by atoms with E-state index < -0.39 is 0 Å². The summed E-state index contributed by atoms with van der Waals surface area (Å²) < 4.78 is 7.42. The molecule has 2 N–H and O–H groups in total. The lowest BCUT2D eigenvalue weighted by Crippen LogP contribution is -2.23. The van der Waals surface area contributed by atoms with Crippen molar-refractivity contribution in [1.29, 1.82) is 0 Å². The highest BCUT2D eigenvalue weighted by molar-refractivity contribution is 5.99. The van der Waals surface area contributed by atoms with Crippen molar-refractivity contribution >= 4 is 17.5 Å². The molecule has 2 heterocycles. The number of nitrogens with one attached hydrogen (secondary N) is 2. The third-order valence-electron chi connectivity index (χ3n) is 5.15. The molecule has 0 atom stereocenters. The second kappa shape index (κ2) is 9.56. The van der Waals surface area contributed by atoms with Crippen molar-refractivity contribution in [2.24, 2.45) is 5.92 Å². The highest BCUT2D eigenvalue weighted by Gasteiger charge is 2.21. The number of carbonyl (C=O) groups excluding carboxylic acids is 2. The summed E-state index contributed by atoms with van der Waals surface area (Å²) >= 11 is 0. The number of anilines is 1. The van der Waals surface area contributed by atoms with Gasteiger partial charge in [0.25, 0.3) is 5.91 Å². The van der Waals surface area contributed by atoms with Gasteiger partial charge in [-0.15, -0.1) is 0 Å². The first-order chi connectivity index (χ1) is 15.9. The number of furan rings is 1. The van der Waals surface area contributed by atoms with Crippen LogP contribution in [0.2, 0.25) is 0 Å². The van der Waals surface area contributed by atoms with Gasteiger partial charge >= 0.3 is 0 Å². The first-order valence-corrected chi connectivity index (χ1v) is 10.8. The molecule has 0 saturated carbocycles. The van der Waals surface area contributed by atoms with E-state index in [1.165, 1.54) is 0 Å². The minimum atomic E-state index is -0.251. The van der Waals surface area contributed by atoms with E-state index in [4.69, 9.17) is 4.42 Å². The molecule has 2 aromatic carbocycles. The zero-order valence-corrected chi connectivity index (χ0v) is 18.8. The molecule has 7 heteroatoms. The fraction of sp³-hybridized carbons (Fsp3) is 0.192. The molecule has 0 radical (unpaired) electrons. The number of aryl methyl sites for hydroxylation is 1. The first kappa shape index (κ1) is 22.1. The maximum Gasteiger partial charge on any atom is 0.255 e. The van der Waals surface area contributed by atoms with Gasteiger partial charge in [0, 0.05) is 24.3 Å². The molecule has 4 aromatic rings. The van der Waals surface area contributed by atoms with Gasteiger partial charge in [-0.3, -0.25) is 9.59 Å². The zero-order chi connectivity index (χ0) is 23.4. The van der Waals surface area contributed by atoms with Crippen molar-refractivity contribution in [2.45, 2.75) is 27.3 Å². The van der Waals surface area contributed by atoms with E-state index in [1.54, 1.807) is 10.9 Å². The molecule has 0 aliphatic heterocycles. The van der Waals surface area contributed by atoms with Crippen LogP contribution >= 0.6 is 0 Å². The Balaban J connectivity index is 1.52. The van der Waals surface area contributed by atoms with E-state index in [1.807, 2.05) is 87.5 Å². The molecule has 2 amide bonds. The van der Waals surface area contributed by atoms with Crippen molar-refractivity contribution in [3.05, 3.63) is 89.8 Å². The van der Waals surface area contributed by atoms with Gasteiger partial charge in [-0.2, -0.15) is 5.10 Å². The minimum absolute atomic E-state index is 0.0350. The van der Waals surface area contributed by atoms with E-state index in [9.17, 15) is 9.59 Å². The van der Waals surface area contributed by atoms with Crippen LogP contribution in [0.25, 0.3) is 17.1 Å². The van der Waals surface area contributed by atoms with Gasteiger partial charge in [-0.05, 0) is 48.9 Å². The van der Waals surface area contributed by atoms with Crippen molar-refractivity contribution < 1.29 is 14.0 Å². The molecule has 0 unspecified atom stereocenters. The maximum atomic E-state index is 13.1. The Morgan fingerprint density at radius 2 is 1.73 bits per heavy atom. The number of hydrogen-bond acceptors (Lipinski definition) is 4. The summed E-state index contributed by atoms with van der Waals surface area (Å²) in [7, 11) is 0. The number of amides is 2. The first-order valence-electron chi connectivity index (χ1n) is 10.8. The lowest BCUT2D eigenvalue weighted by Gasteiger charge is -2.09. The van der Waals surface area contributed by atoms with Crippen LogP contribution in [0.1, 0.15) is 35.5 Å². The van der Waals surface area contributed by atoms with E-state index in [-0.39, 0.29) is 17.7 Å². The predicted octanol–water partition coefficient (Wildman–Crippen LogP) is 4.97. The van der Waals surface area contributed by atoms with Crippen LogP contribution in [0.15, 0.2) is 77.3 Å². The molecular formula is C26H26N4O3. The van der Waals surface area contributed by atoms with Gasteiger partial charge in [0.1, 0.15) is 11.5 Å². The standard InChI is InChI=1S/C26H26N4O3/c1-17(2)25(31)28-20-12-10-19(11-13-20)15-27-26(32)22-16-30(21-7-5-4-6-8-21)29-24(22)23-14-9-18(3)33-23/h4-14,16-17H,15H2,1-3H3,(H,27,32)(H,28,31). The number of carbonyl (C=O) groups is 2. The molecule has 0 saturated heterocycles. The normalized spacial score (nSPS) is 10.9. The zero-order valence-electron chi connectivity index (χ0n) is 18.8. The molecule has 7 nitrogen and oxygen atoms in total. The average molecular weight is 443 g/mol. The largest absolute Gasteiger partial charge is 0.460 e. The SMILES string of the molecule is Cc1ccc(-c2nn(-c3ccccc3)cc2C(=O)NCc2ccc(NC(=O)C(C)C)cc2)o1. The minimum Gasteiger partial charge on any atom is -0.460 e. The molecule has 0 aliphatic carbocycles. The highest BCUT2D eigenvalue weighted by atomic mass is 16.3. The number of benzene rings is 2. The quantitative estimate of drug-likeness (QED) is 0.423. The molecular weight excluding hydrogens is 416 g/mol. The van der Waals surface area contributed by atoms with Gasteiger partial charge < -0.3 is 15.1 Å². The van der Waals surface area contributed by atoms with Crippen LogP contribution < -0.4 is 10.6 Å². The third-order valence-corrected chi connectivity index (χ3v) is 5.15. The third kappa shape index (κ3) is 5.20. The Morgan fingerprint density at radius 3 is 2.36 bits per heavy atom. The van der Waals surface area contributed by atoms with Crippen LogP contribution in [0.4, 0.5) is 5.69 Å². The van der Waals surface area contributed by atoms with Crippen LogP contribution in [0, 0.1) is 12.8 Å². The molecule has 4 rings (SSSR count). The monoisotopic (exact) mass is 442 g/mol. The van der Waals surface area contributed by atoms with Crippen molar-refractivity contribution in [3.63, 3.8) is 0 Å². The van der Waals surface area contributed by atoms with Crippen molar-refractivity contribution in [3.8, 4) is 17.1 Å². The summed E-state index contributed by atoms with van der Waals surface area (Å²) in [4.78, 5) is 24.9. The van der Waals surface area contributed by atoms with E-state index in [0.717, 1.165) is 22.7 Å². The summed E-state index contributed by atoms with van der Waals surface area (Å²) in [6, 6.07) is 20.7. The Bertz CT molecular complexity index is 1250. The Labute approximate surface area is 192 Å². The predicted molar refractivity (Wildman–Crippen MR) is 127 cm³/mol. The van der Waals surface area contributed by atoms with Crippen molar-refractivity contribution in [2.75, 3.05) is 5.32 Å². The Kier molecular flexibility index (Phi) is 6.40. The lowest BCUT2D eigenvalue weighted by molar-refractivity contribution is -0.118. The van der Waals surface area contributed by atoms with E-state index in [0.29, 0.717) is 23.6 Å². The van der Waals surface area contributed by atoms with Gasteiger partial charge in [0.2, 0.25) is 5.91 Å². The summed E-state index contributed by atoms with van der Waals surface area (Å²) in [5, 5.41) is 10.4. The number of nitrogens with zero attached hydrogens (tertiary/aromatic N) is 2. The highest BCUT2D eigenvalue weighted by Crippen LogP contribution is 2.26. The molecule has 0 aliphatic rings. The summed E-state index contributed by atoms with van der Waals surface area (Å²) in [6.07, 6.45) is 1.71. The van der Waals surface area contributed by atoms with Crippen LogP contribution in [0.3, 0.4) is 0 Å². The second-order valence-electron chi connectivity index (χ2n) is 8.11. The van der Waals surface area contributed by atoms with Gasteiger partial charge in [0.15, 0.2) is 5.76 Å². The topological polar surface area (TPSA) is 89.2 Å². The lowest BCUT2D eigenvalue weighted by atomic mass is 10.1. The number of aromatic nitrogens is 2. The molecule has 2 aromatic heterocycles. The van der Waals surface area contributed by atoms with Gasteiger partial charge in [-0.25, -0.2) is 4.68 Å². The summed E-state index contributed by atoms with van der Waals surface area (Å²) in [6.45, 7) is 5.88. The Morgan fingerprint density at radius 1 is 1.00 bits per heavy atom. The maximum absolute atomic E-state index is 13.1. The fourth-order valence-electron chi connectivity index (χ4n) is 3.27. The average Bonchev–Trinajstić information content (AvgIpc) is 3.45. The fourth-order valence-corrected chi connectivity index (χ4v) is 3.27. The van der Waals surface area contributed by atoms with E-state index >= 15 is 0 Å². The smallest absolute Gasteiger partial charge is 0.255 e. The summed E-state index contributed by atoms with van der Waals surface area (Å²) in [5.41, 5.74) is 3.39. The van der Waals surface area contributed by atoms with Crippen LogP contribution in [0.5, 0.6) is 0 Å². The van der Waals surface area contributed by atoms with E-state index in [2.05, 4.69) is 15.7 Å². The number of hydrogen-bond donors (Lipinski definition) is 2. The molecule has 168 valence electrons. The number of para-hydroxylation sites is 1. The Hall–Kier alpha value is -4.13. The molecule has 33 heavy (non-hydrogen) atoms. The van der Waals surface area contributed by atoms with Crippen LogP contribution in [-0.4, -0.2) is 21.6 Å². The molecule has 0 fully saturated rings. The summed E-state index contributed by atoms with van der Waals surface area (Å²) in [5.74, 6) is 0.909.